The van der Waals surface area contributed by atoms with E-state index in [4.69, 9.17) is 4.74 Å². The molecule has 0 unspecified atom stereocenters. The predicted octanol–water partition coefficient (Wildman–Crippen LogP) is 3.94. The molecule has 0 aromatic heterocycles. The lowest BCUT2D eigenvalue weighted by molar-refractivity contribution is 0.0984. The molecule has 0 atom stereocenters. The quantitative estimate of drug-likeness (QED) is 0.808. The van der Waals surface area contributed by atoms with Gasteiger partial charge in [0.2, 0.25) is 0 Å². The number of carbonyl (C=O) groups is 1. The number of benzene rings is 2. The van der Waals surface area contributed by atoms with E-state index in [9.17, 15) is 9.90 Å². The second-order valence-corrected chi connectivity index (χ2v) is 5.61. The number of aryl methyl sites for hydroxylation is 3. The number of aromatic hydroxyl groups is 1. The van der Waals surface area contributed by atoms with Crippen molar-refractivity contribution in [2.24, 2.45) is 0 Å². The molecule has 2 N–H and O–H groups in total. The molecule has 1 amide bonds. The van der Waals surface area contributed by atoms with E-state index in [2.05, 4.69) is 20.5 Å². The Kier molecular flexibility index (Phi) is 5.08. The van der Waals surface area contributed by atoms with Crippen molar-refractivity contribution in [1.29, 1.82) is 0 Å². The van der Waals surface area contributed by atoms with Gasteiger partial charge in [-0.3, -0.25) is 9.14 Å². The normalized spacial score (nSPS) is 10.4. The van der Waals surface area contributed by atoms with Crippen molar-refractivity contribution in [2.75, 3.05) is 0 Å². The third-order valence-electron chi connectivity index (χ3n) is 3.61. The first-order chi connectivity index (χ1) is 10.4. The molecule has 0 aliphatic rings. The number of hydrogen-bond donors (Lipinski definition) is 2. The molecule has 4 nitrogen and oxygen atoms in total. The number of phenols is 1. The summed E-state index contributed by atoms with van der Waals surface area (Å²) >= 11 is 2.97. The Morgan fingerprint density at radius 1 is 1.18 bits per heavy atom. The van der Waals surface area contributed by atoms with Crippen LogP contribution < -0.4 is 9.08 Å². The summed E-state index contributed by atoms with van der Waals surface area (Å²) < 4.78 is 8.33. The van der Waals surface area contributed by atoms with E-state index < -0.39 is 0 Å². The molecule has 0 saturated carbocycles. The molecular formula is C17H18BrNO3. The summed E-state index contributed by atoms with van der Waals surface area (Å²) in [4.78, 5) is 11.9. The van der Waals surface area contributed by atoms with Crippen LogP contribution in [-0.2, 0) is 6.61 Å². The van der Waals surface area contributed by atoms with Gasteiger partial charge in [0.15, 0.2) is 0 Å². The maximum atomic E-state index is 11.9. The van der Waals surface area contributed by atoms with Gasteiger partial charge in [-0.25, -0.2) is 0 Å². The summed E-state index contributed by atoms with van der Waals surface area (Å²) in [6.07, 6.45) is 0. The maximum absolute atomic E-state index is 11.9. The van der Waals surface area contributed by atoms with Gasteiger partial charge in [-0.15, -0.1) is 0 Å². The van der Waals surface area contributed by atoms with Gasteiger partial charge in [-0.1, -0.05) is 12.1 Å². The first kappa shape index (κ1) is 16.4. The molecule has 0 fully saturated rings. The Labute approximate surface area is 138 Å². The van der Waals surface area contributed by atoms with Crippen LogP contribution in [-0.4, -0.2) is 11.0 Å². The molecule has 22 heavy (non-hydrogen) atoms. The largest absolute Gasteiger partial charge is 0.508 e. The standard InChI is InChI=1S/C17H18BrNO3/c1-10-5-4-6-13(17(21)19-18)14(10)9-22-16-8-11(2)15(20)7-12(16)3/h4-8,20H,9H2,1-3H3,(H,19,21). The summed E-state index contributed by atoms with van der Waals surface area (Å²) in [6, 6.07) is 9.02. The Balaban J connectivity index is 2.29. The first-order valence-electron chi connectivity index (χ1n) is 6.86. The number of ether oxygens (including phenoxy) is 1. The molecule has 5 heteroatoms. The van der Waals surface area contributed by atoms with Crippen molar-refractivity contribution in [3.05, 3.63) is 58.1 Å². The van der Waals surface area contributed by atoms with Gasteiger partial charge in [-0.2, -0.15) is 0 Å². The van der Waals surface area contributed by atoms with Crippen LogP contribution in [0.4, 0.5) is 0 Å². The van der Waals surface area contributed by atoms with E-state index in [-0.39, 0.29) is 18.3 Å². The lowest BCUT2D eigenvalue weighted by Gasteiger charge is -2.15. The second-order valence-electron chi connectivity index (χ2n) is 5.22. The van der Waals surface area contributed by atoms with Crippen LogP contribution in [0, 0.1) is 20.8 Å². The number of halogens is 1. The van der Waals surface area contributed by atoms with Crippen LogP contribution in [0.2, 0.25) is 0 Å². The highest BCUT2D eigenvalue weighted by atomic mass is 79.9. The number of phenolic OH excluding ortho intramolecular Hbond substituents is 1. The molecule has 0 spiro atoms. The summed E-state index contributed by atoms with van der Waals surface area (Å²) in [5.74, 6) is 0.741. The van der Waals surface area contributed by atoms with Gasteiger partial charge in [0.05, 0.1) is 0 Å². The van der Waals surface area contributed by atoms with Crippen LogP contribution in [0.3, 0.4) is 0 Å². The van der Waals surface area contributed by atoms with E-state index in [1.807, 2.05) is 32.9 Å². The molecule has 0 bridgehead atoms. The lowest BCUT2D eigenvalue weighted by atomic mass is 10.0. The minimum absolute atomic E-state index is 0.207. The average Bonchev–Trinajstić information content (AvgIpc) is 2.49. The molecule has 0 aliphatic heterocycles. The Morgan fingerprint density at radius 2 is 1.91 bits per heavy atom. The van der Waals surface area contributed by atoms with Crippen LogP contribution in [0.5, 0.6) is 11.5 Å². The molecule has 116 valence electrons. The van der Waals surface area contributed by atoms with Crippen LogP contribution in [0.25, 0.3) is 0 Å². The molecule has 0 saturated heterocycles. The third kappa shape index (κ3) is 3.42. The highest BCUT2D eigenvalue weighted by Crippen LogP contribution is 2.28. The number of rotatable bonds is 4. The number of carbonyl (C=O) groups excluding carboxylic acids is 1. The van der Waals surface area contributed by atoms with Gasteiger partial charge in [-0.05, 0) is 55.7 Å². The molecule has 2 rings (SSSR count). The monoisotopic (exact) mass is 363 g/mol. The lowest BCUT2D eigenvalue weighted by Crippen LogP contribution is -2.16. The van der Waals surface area contributed by atoms with E-state index in [1.165, 1.54) is 0 Å². The Hall–Kier alpha value is -2.01. The SMILES string of the molecule is Cc1cc(OCc2c(C)cccc2C(=O)NBr)c(C)cc1O. The fraction of sp³-hybridized carbons (Fsp3) is 0.235. The summed E-state index contributed by atoms with van der Waals surface area (Å²) in [6.45, 7) is 5.92. The molecule has 2 aromatic carbocycles. The summed E-state index contributed by atoms with van der Waals surface area (Å²) in [5, 5.41) is 9.69. The predicted molar refractivity (Wildman–Crippen MR) is 89.5 cm³/mol. The van der Waals surface area contributed by atoms with Crippen LogP contribution in [0.1, 0.15) is 32.6 Å². The zero-order valence-electron chi connectivity index (χ0n) is 12.7. The highest BCUT2D eigenvalue weighted by Gasteiger charge is 2.14. The summed E-state index contributed by atoms with van der Waals surface area (Å²) in [5.41, 5.74) is 4.00. The fourth-order valence-electron chi connectivity index (χ4n) is 2.24. The average molecular weight is 364 g/mol. The van der Waals surface area contributed by atoms with Crippen molar-refractivity contribution in [1.82, 2.24) is 4.34 Å². The van der Waals surface area contributed by atoms with Crippen LogP contribution >= 0.6 is 16.1 Å². The summed E-state index contributed by atoms with van der Waals surface area (Å²) in [7, 11) is 0. The highest BCUT2D eigenvalue weighted by molar-refractivity contribution is 9.08. The topological polar surface area (TPSA) is 58.6 Å². The van der Waals surface area contributed by atoms with Crippen molar-refractivity contribution in [3.63, 3.8) is 0 Å². The number of nitrogens with one attached hydrogen (secondary N) is 1. The van der Waals surface area contributed by atoms with Crippen molar-refractivity contribution in [3.8, 4) is 11.5 Å². The van der Waals surface area contributed by atoms with E-state index in [0.29, 0.717) is 11.3 Å². The van der Waals surface area contributed by atoms with Gasteiger partial charge < -0.3 is 9.84 Å². The Bertz CT molecular complexity index is 713. The first-order valence-corrected chi connectivity index (χ1v) is 7.65. The van der Waals surface area contributed by atoms with Crippen LogP contribution in [0.15, 0.2) is 30.3 Å². The number of hydrogen-bond acceptors (Lipinski definition) is 3. The Morgan fingerprint density at radius 3 is 2.59 bits per heavy atom. The molecule has 0 radical (unpaired) electrons. The zero-order chi connectivity index (χ0) is 16.3. The van der Waals surface area contributed by atoms with Gasteiger partial charge in [0.1, 0.15) is 18.1 Å². The molecule has 2 aromatic rings. The van der Waals surface area contributed by atoms with E-state index >= 15 is 0 Å². The maximum Gasteiger partial charge on any atom is 0.261 e. The van der Waals surface area contributed by atoms with Gasteiger partial charge >= 0.3 is 0 Å². The minimum Gasteiger partial charge on any atom is -0.508 e. The second kappa shape index (κ2) is 6.83. The van der Waals surface area contributed by atoms with Crippen molar-refractivity contribution in [2.45, 2.75) is 27.4 Å². The van der Waals surface area contributed by atoms with Gasteiger partial charge in [0, 0.05) is 27.3 Å². The van der Waals surface area contributed by atoms with Crippen molar-refractivity contribution < 1.29 is 14.6 Å². The number of amides is 1. The van der Waals surface area contributed by atoms with E-state index in [0.717, 1.165) is 22.3 Å². The third-order valence-corrected chi connectivity index (χ3v) is 3.97. The fourth-order valence-corrected chi connectivity index (χ4v) is 2.45. The van der Waals surface area contributed by atoms with Gasteiger partial charge in [0.25, 0.3) is 5.91 Å². The molecule has 0 heterocycles. The molecule has 0 aliphatic carbocycles. The minimum atomic E-state index is -0.207. The van der Waals surface area contributed by atoms with Crippen molar-refractivity contribution >= 4 is 22.1 Å². The smallest absolute Gasteiger partial charge is 0.261 e. The molecular weight excluding hydrogens is 346 g/mol. The zero-order valence-corrected chi connectivity index (χ0v) is 14.3. The van der Waals surface area contributed by atoms with E-state index in [1.54, 1.807) is 18.2 Å².